The predicted molar refractivity (Wildman–Crippen MR) is 72.2 cm³/mol. The second-order valence-electron chi connectivity index (χ2n) is 4.57. The third-order valence-corrected chi connectivity index (χ3v) is 3.17. The fourth-order valence-electron chi connectivity index (χ4n) is 2.03. The molecule has 0 spiro atoms. The topological polar surface area (TPSA) is 59.6 Å². The van der Waals surface area contributed by atoms with Gasteiger partial charge in [-0.05, 0) is 24.6 Å². The molecule has 1 amide bonds. The molecule has 0 aliphatic carbocycles. The Labute approximate surface area is 113 Å². The SMILES string of the molecule is COc1cccc(C(C)NC(=O)C2CNCCO2)c1. The van der Waals surface area contributed by atoms with Crippen LogP contribution < -0.4 is 15.4 Å². The first-order chi connectivity index (χ1) is 9.20. The van der Waals surface area contributed by atoms with E-state index in [0.29, 0.717) is 13.2 Å². The molecular formula is C14H20N2O3. The maximum Gasteiger partial charge on any atom is 0.250 e. The van der Waals surface area contributed by atoms with Crippen molar-refractivity contribution in [3.63, 3.8) is 0 Å². The van der Waals surface area contributed by atoms with E-state index in [1.807, 2.05) is 31.2 Å². The Morgan fingerprint density at radius 2 is 2.42 bits per heavy atom. The monoisotopic (exact) mass is 264 g/mol. The number of methoxy groups -OCH3 is 1. The minimum atomic E-state index is -0.401. The number of hydrogen-bond acceptors (Lipinski definition) is 4. The van der Waals surface area contributed by atoms with E-state index in [4.69, 9.17) is 9.47 Å². The average molecular weight is 264 g/mol. The number of nitrogens with one attached hydrogen (secondary N) is 2. The van der Waals surface area contributed by atoms with E-state index in [1.54, 1.807) is 7.11 Å². The molecule has 1 aliphatic heterocycles. The van der Waals surface area contributed by atoms with E-state index in [1.165, 1.54) is 0 Å². The van der Waals surface area contributed by atoms with E-state index >= 15 is 0 Å². The lowest BCUT2D eigenvalue weighted by Gasteiger charge is -2.24. The largest absolute Gasteiger partial charge is 0.497 e. The number of carbonyl (C=O) groups is 1. The summed E-state index contributed by atoms with van der Waals surface area (Å²) in [4.78, 5) is 12.0. The van der Waals surface area contributed by atoms with Crippen molar-refractivity contribution in [1.82, 2.24) is 10.6 Å². The van der Waals surface area contributed by atoms with Gasteiger partial charge < -0.3 is 20.1 Å². The minimum absolute atomic E-state index is 0.0758. The van der Waals surface area contributed by atoms with Crippen LogP contribution in [-0.4, -0.2) is 38.8 Å². The molecule has 2 N–H and O–H groups in total. The van der Waals surface area contributed by atoms with Crippen molar-refractivity contribution in [3.8, 4) is 5.75 Å². The van der Waals surface area contributed by atoms with Crippen LogP contribution in [0.4, 0.5) is 0 Å². The molecule has 2 atom stereocenters. The smallest absolute Gasteiger partial charge is 0.250 e. The van der Waals surface area contributed by atoms with E-state index < -0.39 is 6.10 Å². The zero-order chi connectivity index (χ0) is 13.7. The first-order valence-electron chi connectivity index (χ1n) is 6.47. The van der Waals surface area contributed by atoms with Gasteiger partial charge in [-0.1, -0.05) is 12.1 Å². The minimum Gasteiger partial charge on any atom is -0.497 e. The number of amides is 1. The van der Waals surface area contributed by atoms with E-state index in [9.17, 15) is 4.79 Å². The molecule has 1 heterocycles. The number of ether oxygens (including phenoxy) is 2. The number of rotatable bonds is 4. The molecule has 104 valence electrons. The van der Waals surface area contributed by atoms with E-state index in [-0.39, 0.29) is 11.9 Å². The van der Waals surface area contributed by atoms with Gasteiger partial charge in [0.25, 0.3) is 5.91 Å². The molecule has 1 aromatic carbocycles. The molecule has 1 saturated heterocycles. The Kier molecular flexibility index (Phi) is 4.76. The first-order valence-corrected chi connectivity index (χ1v) is 6.47. The predicted octanol–water partition coefficient (Wildman–Crippen LogP) is 0.861. The number of carbonyl (C=O) groups excluding carboxylic acids is 1. The van der Waals surface area contributed by atoms with Crippen molar-refractivity contribution in [3.05, 3.63) is 29.8 Å². The molecule has 5 nitrogen and oxygen atoms in total. The van der Waals surface area contributed by atoms with Gasteiger partial charge in [0.15, 0.2) is 0 Å². The summed E-state index contributed by atoms with van der Waals surface area (Å²) in [5, 5.41) is 6.10. The molecule has 0 aromatic heterocycles. The van der Waals surface area contributed by atoms with Crippen molar-refractivity contribution < 1.29 is 14.3 Å². The van der Waals surface area contributed by atoms with Crippen LogP contribution in [0.3, 0.4) is 0 Å². The highest BCUT2D eigenvalue weighted by atomic mass is 16.5. The van der Waals surface area contributed by atoms with Gasteiger partial charge in [-0.3, -0.25) is 4.79 Å². The van der Waals surface area contributed by atoms with Crippen LogP contribution in [-0.2, 0) is 9.53 Å². The molecule has 1 aromatic rings. The Morgan fingerprint density at radius 3 is 3.11 bits per heavy atom. The zero-order valence-electron chi connectivity index (χ0n) is 11.3. The molecular weight excluding hydrogens is 244 g/mol. The van der Waals surface area contributed by atoms with Crippen LogP contribution in [0.25, 0.3) is 0 Å². The lowest BCUT2D eigenvalue weighted by Crippen LogP contribution is -2.48. The van der Waals surface area contributed by atoms with Gasteiger partial charge in [0.1, 0.15) is 11.9 Å². The standard InChI is InChI=1S/C14H20N2O3/c1-10(11-4-3-5-12(8-11)18-2)16-14(17)13-9-15-6-7-19-13/h3-5,8,10,13,15H,6-7,9H2,1-2H3,(H,16,17). The molecule has 1 fully saturated rings. The lowest BCUT2D eigenvalue weighted by molar-refractivity contribution is -0.134. The van der Waals surface area contributed by atoms with Crippen molar-refractivity contribution >= 4 is 5.91 Å². The summed E-state index contributed by atoms with van der Waals surface area (Å²) in [7, 11) is 1.63. The van der Waals surface area contributed by atoms with Crippen molar-refractivity contribution in [2.75, 3.05) is 26.8 Å². The zero-order valence-corrected chi connectivity index (χ0v) is 11.3. The molecule has 0 saturated carbocycles. The Bertz CT molecular complexity index is 430. The summed E-state index contributed by atoms with van der Waals surface area (Å²) >= 11 is 0. The normalized spacial score (nSPS) is 20.6. The van der Waals surface area contributed by atoms with Gasteiger partial charge >= 0.3 is 0 Å². The second-order valence-corrected chi connectivity index (χ2v) is 4.57. The number of benzene rings is 1. The fourth-order valence-corrected chi connectivity index (χ4v) is 2.03. The number of morpholine rings is 1. The van der Waals surface area contributed by atoms with Crippen molar-refractivity contribution in [2.24, 2.45) is 0 Å². The molecule has 2 rings (SSSR count). The summed E-state index contributed by atoms with van der Waals surface area (Å²) in [6, 6.07) is 7.60. The second kappa shape index (κ2) is 6.54. The van der Waals surface area contributed by atoms with Gasteiger partial charge in [-0.15, -0.1) is 0 Å². The lowest BCUT2D eigenvalue weighted by atomic mass is 10.1. The molecule has 19 heavy (non-hydrogen) atoms. The van der Waals surface area contributed by atoms with Gasteiger partial charge in [-0.25, -0.2) is 0 Å². The van der Waals surface area contributed by atoms with Gasteiger partial charge in [0.05, 0.1) is 19.8 Å². The van der Waals surface area contributed by atoms with E-state index in [2.05, 4.69) is 10.6 Å². The average Bonchev–Trinajstić information content (AvgIpc) is 2.48. The quantitative estimate of drug-likeness (QED) is 0.847. The van der Waals surface area contributed by atoms with Crippen LogP contribution >= 0.6 is 0 Å². The van der Waals surface area contributed by atoms with Gasteiger partial charge in [-0.2, -0.15) is 0 Å². The first kappa shape index (κ1) is 13.8. The summed E-state index contributed by atoms with van der Waals surface area (Å²) in [6.45, 7) is 3.89. The summed E-state index contributed by atoms with van der Waals surface area (Å²) in [5.41, 5.74) is 1.01. The fraction of sp³-hybridized carbons (Fsp3) is 0.500. The summed E-state index contributed by atoms with van der Waals surface area (Å²) in [6.07, 6.45) is -0.401. The van der Waals surface area contributed by atoms with Crippen LogP contribution in [0.5, 0.6) is 5.75 Å². The Balaban J connectivity index is 1.95. The molecule has 2 unspecified atom stereocenters. The van der Waals surface area contributed by atoms with Crippen LogP contribution in [0.15, 0.2) is 24.3 Å². The van der Waals surface area contributed by atoms with Gasteiger partial charge in [0.2, 0.25) is 0 Å². The van der Waals surface area contributed by atoms with Crippen LogP contribution in [0, 0.1) is 0 Å². The van der Waals surface area contributed by atoms with Crippen molar-refractivity contribution in [2.45, 2.75) is 19.1 Å². The Morgan fingerprint density at radius 1 is 1.58 bits per heavy atom. The third-order valence-electron chi connectivity index (χ3n) is 3.17. The summed E-state index contributed by atoms with van der Waals surface area (Å²) in [5.74, 6) is 0.705. The maximum absolute atomic E-state index is 12.0. The number of hydrogen-bond donors (Lipinski definition) is 2. The van der Waals surface area contributed by atoms with Crippen LogP contribution in [0.2, 0.25) is 0 Å². The molecule has 0 bridgehead atoms. The highest BCUT2D eigenvalue weighted by Crippen LogP contribution is 2.18. The maximum atomic E-state index is 12.0. The van der Waals surface area contributed by atoms with Crippen molar-refractivity contribution in [1.29, 1.82) is 0 Å². The third kappa shape index (κ3) is 3.68. The highest BCUT2D eigenvalue weighted by molar-refractivity contribution is 5.81. The molecule has 5 heteroatoms. The van der Waals surface area contributed by atoms with E-state index in [0.717, 1.165) is 17.9 Å². The summed E-state index contributed by atoms with van der Waals surface area (Å²) < 4.78 is 10.6. The van der Waals surface area contributed by atoms with Crippen LogP contribution in [0.1, 0.15) is 18.5 Å². The highest BCUT2D eigenvalue weighted by Gasteiger charge is 2.23. The molecule has 0 radical (unpaired) electrons. The Hall–Kier alpha value is -1.59. The van der Waals surface area contributed by atoms with Gasteiger partial charge in [0, 0.05) is 13.1 Å². The molecule has 1 aliphatic rings.